The Morgan fingerprint density at radius 3 is 2.95 bits per heavy atom. The number of halogens is 1. The fourth-order valence-electron chi connectivity index (χ4n) is 1.80. The molecule has 2 aromatic rings. The third-order valence-corrected chi connectivity index (χ3v) is 4.33. The Hall–Kier alpha value is -1.28. The first-order valence-corrected chi connectivity index (χ1v) is 7.64. The van der Waals surface area contributed by atoms with Gasteiger partial charge in [-0.25, -0.2) is 10.8 Å². The summed E-state index contributed by atoms with van der Waals surface area (Å²) in [6.07, 6.45) is 0. The number of aromatic nitrogens is 1. The van der Waals surface area contributed by atoms with E-state index in [-0.39, 0.29) is 5.91 Å². The van der Waals surface area contributed by atoms with Gasteiger partial charge in [-0.1, -0.05) is 6.07 Å². The fourth-order valence-corrected chi connectivity index (χ4v) is 3.33. The number of nitrogens with two attached hydrogens (primary N) is 1. The van der Waals surface area contributed by atoms with Gasteiger partial charge in [0.1, 0.15) is 5.69 Å². The van der Waals surface area contributed by atoms with Crippen molar-refractivity contribution in [3.63, 3.8) is 0 Å². The maximum Gasteiger partial charge on any atom is 0.283 e. The van der Waals surface area contributed by atoms with Crippen LogP contribution in [0.25, 0.3) is 0 Å². The van der Waals surface area contributed by atoms with Gasteiger partial charge in [0.2, 0.25) is 0 Å². The molecule has 1 amide bonds. The Morgan fingerprint density at radius 2 is 2.30 bits per heavy atom. The molecule has 0 spiro atoms. The lowest BCUT2D eigenvalue weighted by atomic mass is 10.2. The molecule has 0 fully saturated rings. The molecule has 0 aliphatic heterocycles. The molecule has 0 bridgehead atoms. The first kappa shape index (κ1) is 15.1. The molecule has 0 aliphatic rings. The number of nitrogens with zero attached hydrogens (tertiary/aromatic N) is 2. The number of carbonyl (C=O) groups is 1. The quantitative estimate of drug-likeness (QED) is 0.490. The van der Waals surface area contributed by atoms with Gasteiger partial charge in [0, 0.05) is 27.8 Å². The monoisotopic (exact) mass is 354 g/mol. The van der Waals surface area contributed by atoms with Crippen LogP contribution < -0.4 is 11.3 Å². The Labute approximate surface area is 129 Å². The van der Waals surface area contributed by atoms with Crippen LogP contribution in [0.4, 0.5) is 0 Å². The van der Waals surface area contributed by atoms with Gasteiger partial charge >= 0.3 is 0 Å². The first-order valence-electron chi connectivity index (χ1n) is 5.97. The first-order chi connectivity index (χ1) is 9.58. The van der Waals surface area contributed by atoms with Crippen molar-refractivity contribution in [1.82, 2.24) is 15.3 Å². The summed E-state index contributed by atoms with van der Waals surface area (Å²) >= 11 is 5.16. The predicted octanol–water partition coefficient (Wildman–Crippen LogP) is 2.14. The van der Waals surface area contributed by atoms with E-state index in [1.807, 2.05) is 19.2 Å². The van der Waals surface area contributed by atoms with Crippen LogP contribution in [0.3, 0.4) is 0 Å². The number of thiophene rings is 1. The molecule has 5 nitrogen and oxygen atoms in total. The highest BCUT2D eigenvalue weighted by Crippen LogP contribution is 2.21. The zero-order valence-electron chi connectivity index (χ0n) is 11.0. The van der Waals surface area contributed by atoms with Gasteiger partial charge < -0.3 is 0 Å². The predicted molar refractivity (Wildman–Crippen MR) is 83.1 cm³/mol. The molecular weight excluding hydrogens is 340 g/mol. The molecule has 20 heavy (non-hydrogen) atoms. The van der Waals surface area contributed by atoms with Gasteiger partial charge in [0.05, 0.1) is 5.69 Å². The van der Waals surface area contributed by atoms with Crippen molar-refractivity contribution in [2.24, 2.45) is 5.84 Å². The van der Waals surface area contributed by atoms with Crippen LogP contribution in [0.15, 0.2) is 34.1 Å². The maximum atomic E-state index is 11.4. The zero-order valence-corrected chi connectivity index (χ0v) is 13.4. The van der Waals surface area contributed by atoms with Gasteiger partial charge in [-0.2, -0.15) is 0 Å². The highest BCUT2D eigenvalue weighted by Gasteiger charge is 2.08. The summed E-state index contributed by atoms with van der Waals surface area (Å²) in [6.45, 7) is 1.51. The Bertz CT molecular complexity index is 602. The van der Waals surface area contributed by atoms with Crippen molar-refractivity contribution in [3.8, 4) is 0 Å². The summed E-state index contributed by atoms with van der Waals surface area (Å²) in [7, 11) is 2.02. The second kappa shape index (κ2) is 6.94. The normalized spacial score (nSPS) is 10.8. The SMILES string of the molecule is CN(Cc1cccc(C(=O)NN)n1)Cc1cc(Br)cs1. The van der Waals surface area contributed by atoms with Gasteiger partial charge in [-0.05, 0) is 41.2 Å². The molecule has 0 aliphatic carbocycles. The third-order valence-electron chi connectivity index (χ3n) is 2.65. The average molecular weight is 355 g/mol. The Morgan fingerprint density at radius 1 is 1.50 bits per heavy atom. The van der Waals surface area contributed by atoms with Crippen molar-refractivity contribution in [2.45, 2.75) is 13.1 Å². The highest BCUT2D eigenvalue weighted by atomic mass is 79.9. The third kappa shape index (κ3) is 4.11. The maximum absolute atomic E-state index is 11.4. The van der Waals surface area contributed by atoms with Crippen LogP contribution in [0.5, 0.6) is 0 Å². The van der Waals surface area contributed by atoms with E-state index in [1.165, 1.54) is 4.88 Å². The van der Waals surface area contributed by atoms with Gasteiger partial charge in [-0.3, -0.25) is 15.1 Å². The van der Waals surface area contributed by atoms with Crippen molar-refractivity contribution < 1.29 is 4.79 Å². The molecule has 0 saturated heterocycles. The lowest BCUT2D eigenvalue weighted by molar-refractivity contribution is 0.0948. The van der Waals surface area contributed by atoms with E-state index < -0.39 is 0 Å². The molecule has 0 aromatic carbocycles. The van der Waals surface area contributed by atoms with E-state index >= 15 is 0 Å². The lowest BCUT2D eigenvalue weighted by Crippen LogP contribution is -2.31. The van der Waals surface area contributed by atoms with Crippen LogP contribution in [0.1, 0.15) is 21.1 Å². The molecular formula is C13H15BrN4OS. The van der Waals surface area contributed by atoms with Crippen LogP contribution in [0, 0.1) is 0 Å². The number of rotatable bonds is 5. The highest BCUT2D eigenvalue weighted by molar-refractivity contribution is 9.10. The molecule has 2 heterocycles. The number of nitrogens with one attached hydrogen (secondary N) is 1. The van der Waals surface area contributed by atoms with E-state index in [0.29, 0.717) is 12.2 Å². The van der Waals surface area contributed by atoms with Crippen molar-refractivity contribution in [1.29, 1.82) is 0 Å². The minimum atomic E-state index is -0.378. The number of amides is 1. The molecule has 0 radical (unpaired) electrons. The van der Waals surface area contributed by atoms with Gasteiger partial charge in [0.25, 0.3) is 5.91 Å². The van der Waals surface area contributed by atoms with E-state index in [9.17, 15) is 4.79 Å². The number of hydrazine groups is 1. The van der Waals surface area contributed by atoms with Crippen molar-refractivity contribution in [3.05, 3.63) is 50.4 Å². The summed E-state index contributed by atoms with van der Waals surface area (Å²) in [5.74, 6) is 4.73. The summed E-state index contributed by atoms with van der Waals surface area (Å²) in [5, 5.41) is 2.06. The van der Waals surface area contributed by atoms with E-state index in [4.69, 9.17) is 5.84 Å². The molecule has 0 atom stereocenters. The van der Waals surface area contributed by atoms with E-state index in [0.717, 1.165) is 16.7 Å². The van der Waals surface area contributed by atoms with Crippen molar-refractivity contribution in [2.75, 3.05) is 7.05 Å². The number of hydrogen-bond donors (Lipinski definition) is 2. The minimum Gasteiger partial charge on any atom is -0.295 e. The number of pyridine rings is 1. The molecule has 3 N–H and O–H groups in total. The summed E-state index contributed by atoms with van der Waals surface area (Å²) in [4.78, 5) is 19.1. The summed E-state index contributed by atoms with van der Waals surface area (Å²) < 4.78 is 1.10. The molecule has 7 heteroatoms. The minimum absolute atomic E-state index is 0.331. The Kier molecular flexibility index (Phi) is 5.24. The zero-order chi connectivity index (χ0) is 14.5. The van der Waals surface area contributed by atoms with Crippen LogP contribution in [-0.4, -0.2) is 22.8 Å². The largest absolute Gasteiger partial charge is 0.295 e. The molecule has 2 aromatic heterocycles. The van der Waals surface area contributed by atoms with E-state index in [1.54, 1.807) is 17.4 Å². The number of carbonyl (C=O) groups excluding carboxylic acids is 1. The molecule has 0 saturated carbocycles. The molecule has 2 rings (SSSR count). The van der Waals surface area contributed by atoms with Crippen LogP contribution >= 0.6 is 27.3 Å². The number of nitrogen functional groups attached to an aromatic ring is 1. The summed E-state index contributed by atoms with van der Waals surface area (Å²) in [6, 6.07) is 7.45. The second-order valence-electron chi connectivity index (χ2n) is 4.39. The van der Waals surface area contributed by atoms with Gasteiger partial charge in [0.15, 0.2) is 0 Å². The fraction of sp³-hybridized carbons (Fsp3) is 0.231. The summed E-state index contributed by atoms with van der Waals surface area (Å²) in [5.41, 5.74) is 3.25. The van der Waals surface area contributed by atoms with Crippen molar-refractivity contribution >= 4 is 33.2 Å². The lowest BCUT2D eigenvalue weighted by Gasteiger charge is -2.15. The van der Waals surface area contributed by atoms with Crippen LogP contribution in [0.2, 0.25) is 0 Å². The average Bonchev–Trinajstić information content (AvgIpc) is 2.83. The Balaban J connectivity index is 2.00. The van der Waals surface area contributed by atoms with E-state index in [2.05, 4.69) is 42.7 Å². The topological polar surface area (TPSA) is 71.2 Å². The van der Waals surface area contributed by atoms with Crippen LogP contribution in [-0.2, 0) is 13.1 Å². The second-order valence-corrected chi connectivity index (χ2v) is 6.30. The molecule has 0 unspecified atom stereocenters. The van der Waals surface area contributed by atoms with Gasteiger partial charge in [-0.15, -0.1) is 11.3 Å². The molecule has 106 valence electrons. The number of hydrogen-bond acceptors (Lipinski definition) is 5. The smallest absolute Gasteiger partial charge is 0.283 e. The standard InChI is InChI=1S/C13H15BrN4OS/c1-18(7-11-5-9(14)8-20-11)6-10-3-2-4-12(16-10)13(19)17-15/h2-5,8H,6-7,15H2,1H3,(H,17,19).